The van der Waals surface area contributed by atoms with Gasteiger partial charge in [0.25, 0.3) is 5.91 Å². The Morgan fingerprint density at radius 2 is 2.32 bits per heavy atom. The minimum absolute atomic E-state index is 0.144. The third kappa shape index (κ3) is 4.41. The Bertz CT molecular complexity index is 707. The van der Waals surface area contributed by atoms with Gasteiger partial charge in [-0.25, -0.2) is 10.4 Å². The van der Waals surface area contributed by atoms with Crippen molar-refractivity contribution in [3.63, 3.8) is 0 Å². The van der Waals surface area contributed by atoms with Crippen LogP contribution >= 0.6 is 34.2 Å². The Morgan fingerprint density at radius 3 is 3.00 bits per heavy atom. The van der Waals surface area contributed by atoms with Gasteiger partial charge in [0.2, 0.25) is 0 Å². The maximum Gasteiger partial charge on any atom is 0.274 e. The molecule has 0 aliphatic heterocycles. The Kier molecular flexibility index (Phi) is 6.14. The van der Waals surface area contributed by atoms with Crippen LogP contribution in [0.3, 0.4) is 0 Å². The van der Waals surface area contributed by atoms with Gasteiger partial charge in [-0.15, -0.1) is 0 Å². The van der Waals surface area contributed by atoms with Crippen molar-refractivity contribution in [3.05, 3.63) is 56.4 Å². The van der Waals surface area contributed by atoms with Crippen LogP contribution in [-0.2, 0) is 0 Å². The Labute approximate surface area is 146 Å². The van der Waals surface area contributed by atoms with E-state index in [1.54, 1.807) is 18.3 Å². The van der Waals surface area contributed by atoms with E-state index < -0.39 is 5.91 Å². The summed E-state index contributed by atoms with van der Waals surface area (Å²) in [6, 6.07) is 8.86. The van der Waals surface area contributed by atoms with Gasteiger partial charge < -0.3 is 4.74 Å². The number of hydrogen-bond donors (Lipinski definition) is 1. The minimum Gasteiger partial charge on any atom is -0.493 e. The number of carbonyl (C=O) groups is 1. The van der Waals surface area contributed by atoms with Crippen molar-refractivity contribution in [1.82, 2.24) is 10.4 Å². The van der Waals surface area contributed by atoms with Crippen LogP contribution in [0.5, 0.6) is 5.75 Å². The van der Waals surface area contributed by atoms with Crippen LogP contribution < -0.4 is 10.2 Å². The number of halogens is 2. The number of hydrogen-bond acceptors (Lipinski definition) is 4. The first-order valence-electron chi connectivity index (χ1n) is 6.48. The molecule has 0 aliphatic carbocycles. The molecular weight excluding hydrogens is 417 g/mol. The van der Waals surface area contributed by atoms with Gasteiger partial charge in [0, 0.05) is 6.20 Å². The van der Waals surface area contributed by atoms with Gasteiger partial charge in [-0.3, -0.25) is 4.79 Å². The molecule has 0 saturated carbocycles. The third-order valence-electron chi connectivity index (χ3n) is 2.64. The van der Waals surface area contributed by atoms with E-state index >= 15 is 0 Å². The van der Waals surface area contributed by atoms with Crippen LogP contribution in [0.4, 0.5) is 0 Å². The lowest BCUT2D eigenvalue weighted by molar-refractivity contribution is 0.0955. The topological polar surface area (TPSA) is 63.6 Å². The van der Waals surface area contributed by atoms with Gasteiger partial charge in [0.1, 0.15) is 10.9 Å². The fraction of sp³-hybridized carbons (Fsp3) is 0.133. The monoisotopic (exact) mass is 429 g/mol. The first kappa shape index (κ1) is 16.7. The predicted octanol–water partition coefficient (Wildman–Crippen LogP) is 3.50. The maximum atomic E-state index is 11.9. The van der Waals surface area contributed by atoms with E-state index in [0.717, 1.165) is 14.9 Å². The smallest absolute Gasteiger partial charge is 0.274 e. The number of nitrogens with zero attached hydrogens (tertiary/aromatic N) is 2. The zero-order valence-corrected chi connectivity index (χ0v) is 14.6. The SMILES string of the molecule is CCOc1ccc(C=NNC(=O)c2cccnc2Cl)cc1I. The standard InChI is InChI=1S/C15H13ClIN3O2/c1-2-22-13-6-5-10(8-12(13)17)9-19-20-15(21)11-4-3-7-18-14(11)16/h3-9H,2H2,1H3,(H,20,21). The number of amides is 1. The van der Waals surface area contributed by atoms with Gasteiger partial charge in [0.15, 0.2) is 0 Å². The fourth-order valence-corrected chi connectivity index (χ4v) is 2.55. The van der Waals surface area contributed by atoms with Crippen molar-refractivity contribution in [2.45, 2.75) is 6.92 Å². The summed E-state index contributed by atoms with van der Waals surface area (Å²) >= 11 is 8.03. The van der Waals surface area contributed by atoms with Crippen molar-refractivity contribution in [3.8, 4) is 5.75 Å². The number of pyridine rings is 1. The second-order valence-corrected chi connectivity index (χ2v) is 5.68. The van der Waals surface area contributed by atoms with Crippen LogP contribution in [0.15, 0.2) is 41.6 Å². The Hall–Kier alpha value is -1.67. The number of rotatable bonds is 5. The summed E-state index contributed by atoms with van der Waals surface area (Å²) in [6.07, 6.45) is 3.07. The lowest BCUT2D eigenvalue weighted by Gasteiger charge is -2.06. The van der Waals surface area contributed by atoms with E-state index in [2.05, 4.69) is 38.1 Å². The van der Waals surface area contributed by atoms with E-state index in [-0.39, 0.29) is 10.7 Å². The highest BCUT2D eigenvalue weighted by Gasteiger charge is 2.09. The zero-order valence-electron chi connectivity index (χ0n) is 11.7. The molecule has 1 N–H and O–H groups in total. The molecule has 5 nitrogen and oxygen atoms in total. The van der Waals surface area contributed by atoms with Gasteiger partial charge in [0.05, 0.1) is 22.0 Å². The largest absolute Gasteiger partial charge is 0.493 e. The fourth-order valence-electron chi connectivity index (χ4n) is 1.65. The molecule has 1 aromatic heterocycles. The van der Waals surface area contributed by atoms with E-state index in [1.807, 2.05) is 25.1 Å². The highest BCUT2D eigenvalue weighted by molar-refractivity contribution is 14.1. The Morgan fingerprint density at radius 1 is 1.50 bits per heavy atom. The maximum absolute atomic E-state index is 11.9. The zero-order chi connectivity index (χ0) is 15.9. The highest BCUT2D eigenvalue weighted by atomic mass is 127. The van der Waals surface area contributed by atoms with Crippen LogP contribution in [0.25, 0.3) is 0 Å². The molecule has 0 radical (unpaired) electrons. The lowest BCUT2D eigenvalue weighted by atomic mass is 10.2. The number of nitrogens with one attached hydrogen (secondary N) is 1. The molecule has 7 heteroatoms. The number of ether oxygens (including phenoxy) is 1. The van der Waals surface area contributed by atoms with Crippen molar-refractivity contribution >= 4 is 46.3 Å². The van der Waals surface area contributed by atoms with Crippen LogP contribution in [0, 0.1) is 3.57 Å². The summed E-state index contributed by atoms with van der Waals surface area (Å²) in [5.74, 6) is 0.418. The molecule has 114 valence electrons. The molecule has 0 atom stereocenters. The summed E-state index contributed by atoms with van der Waals surface area (Å²) in [4.78, 5) is 15.7. The third-order valence-corrected chi connectivity index (χ3v) is 3.78. The molecule has 0 saturated heterocycles. The summed E-state index contributed by atoms with van der Waals surface area (Å²) in [6.45, 7) is 2.55. The second kappa shape index (κ2) is 8.09. The second-order valence-electron chi connectivity index (χ2n) is 4.16. The molecule has 0 spiro atoms. The van der Waals surface area contributed by atoms with Crippen LogP contribution in [0.1, 0.15) is 22.8 Å². The molecule has 0 aliphatic rings. The molecule has 2 aromatic rings. The van der Waals surface area contributed by atoms with Crippen LogP contribution in [-0.4, -0.2) is 23.7 Å². The summed E-state index contributed by atoms with van der Waals surface area (Å²) in [5, 5.41) is 4.06. The van der Waals surface area contributed by atoms with Crippen molar-refractivity contribution in [2.24, 2.45) is 5.10 Å². The highest BCUT2D eigenvalue weighted by Crippen LogP contribution is 2.21. The summed E-state index contributed by atoms with van der Waals surface area (Å²) in [5.41, 5.74) is 3.55. The first-order chi connectivity index (χ1) is 10.6. The molecule has 1 aromatic carbocycles. The number of carbonyl (C=O) groups excluding carboxylic acids is 1. The molecule has 0 bridgehead atoms. The molecule has 1 heterocycles. The first-order valence-corrected chi connectivity index (χ1v) is 7.93. The molecule has 0 fully saturated rings. The van der Waals surface area contributed by atoms with Gasteiger partial charge in [-0.05, 0) is 65.4 Å². The minimum atomic E-state index is -0.407. The van der Waals surface area contributed by atoms with Crippen LogP contribution in [0.2, 0.25) is 5.15 Å². The molecule has 0 unspecified atom stereocenters. The molecule has 22 heavy (non-hydrogen) atoms. The lowest BCUT2D eigenvalue weighted by Crippen LogP contribution is -2.18. The van der Waals surface area contributed by atoms with Gasteiger partial charge in [-0.2, -0.15) is 5.10 Å². The quantitative estimate of drug-likeness (QED) is 0.342. The number of hydrazone groups is 1. The van der Waals surface area contributed by atoms with Crippen molar-refractivity contribution in [1.29, 1.82) is 0 Å². The average Bonchev–Trinajstić information content (AvgIpc) is 2.50. The van der Waals surface area contributed by atoms with E-state index in [9.17, 15) is 4.79 Å². The molecule has 1 amide bonds. The predicted molar refractivity (Wildman–Crippen MR) is 94.6 cm³/mol. The van der Waals surface area contributed by atoms with E-state index in [1.165, 1.54) is 6.20 Å². The molecule has 2 rings (SSSR count). The summed E-state index contributed by atoms with van der Waals surface area (Å²) in [7, 11) is 0. The van der Waals surface area contributed by atoms with E-state index in [0.29, 0.717) is 6.61 Å². The van der Waals surface area contributed by atoms with Crippen molar-refractivity contribution in [2.75, 3.05) is 6.61 Å². The van der Waals surface area contributed by atoms with Gasteiger partial charge in [-0.1, -0.05) is 11.6 Å². The summed E-state index contributed by atoms with van der Waals surface area (Å²) < 4.78 is 6.44. The van der Waals surface area contributed by atoms with Crippen molar-refractivity contribution < 1.29 is 9.53 Å². The molecular formula is C15H13ClIN3O2. The average molecular weight is 430 g/mol. The van der Waals surface area contributed by atoms with E-state index in [4.69, 9.17) is 16.3 Å². The normalized spacial score (nSPS) is 10.7. The number of benzene rings is 1. The Balaban J connectivity index is 2.02. The number of aromatic nitrogens is 1. The van der Waals surface area contributed by atoms with Gasteiger partial charge >= 0.3 is 0 Å².